The zero-order chi connectivity index (χ0) is 18.8. The van der Waals surface area contributed by atoms with Crippen LogP contribution in [-0.4, -0.2) is 45.9 Å². The Kier molecular flexibility index (Phi) is 4.70. The third-order valence-electron chi connectivity index (χ3n) is 4.76. The van der Waals surface area contributed by atoms with Gasteiger partial charge in [0.1, 0.15) is 0 Å². The summed E-state index contributed by atoms with van der Waals surface area (Å²) in [5.41, 5.74) is 2.69. The Balaban J connectivity index is 1.52. The predicted octanol–water partition coefficient (Wildman–Crippen LogP) is 3.38. The maximum atomic E-state index is 12.8. The number of amides is 1. The van der Waals surface area contributed by atoms with Crippen molar-refractivity contribution in [2.45, 2.75) is 32.6 Å². The Labute approximate surface area is 156 Å². The smallest absolute Gasteiger partial charge is 0.289 e. The van der Waals surface area contributed by atoms with Crippen LogP contribution in [0.3, 0.4) is 0 Å². The van der Waals surface area contributed by atoms with E-state index in [0.717, 1.165) is 29.8 Å². The molecule has 27 heavy (non-hydrogen) atoms. The van der Waals surface area contributed by atoms with Gasteiger partial charge in [0, 0.05) is 31.1 Å². The van der Waals surface area contributed by atoms with E-state index >= 15 is 0 Å². The van der Waals surface area contributed by atoms with Crippen LogP contribution in [0.4, 0.5) is 0 Å². The van der Waals surface area contributed by atoms with Gasteiger partial charge in [-0.2, -0.15) is 5.10 Å². The fourth-order valence-corrected chi connectivity index (χ4v) is 3.50. The summed E-state index contributed by atoms with van der Waals surface area (Å²) in [7, 11) is 0. The molecule has 0 aromatic carbocycles. The molecule has 0 saturated carbocycles. The lowest BCUT2D eigenvalue weighted by Crippen LogP contribution is -2.39. The Bertz CT molecular complexity index is 926. The van der Waals surface area contributed by atoms with Crippen LogP contribution in [0.2, 0.25) is 0 Å². The van der Waals surface area contributed by atoms with Gasteiger partial charge in [0.05, 0.1) is 29.8 Å². The van der Waals surface area contributed by atoms with Crippen LogP contribution >= 0.6 is 0 Å². The van der Waals surface area contributed by atoms with E-state index in [1.54, 1.807) is 18.3 Å². The number of aryl methyl sites for hydroxylation is 1. The number of aromatic nitrogens is 3. The molecule has 1 saturated heterocycles. The number of furan rings is 1. The number of H-pyrrole nitrogens is 1. The molecule has 1 atom stereocenters. The minimum Gasteiger partial charge on any atom is -0.465 e. The SMILES string of the molecule is CCOc1ccc(C(=O)N2CCCC(c3[nH]ncc3-c3cc(C)no3)C2)o1. The molecule has 4 rings (SSSR count). The maximum Gasteiger partial charge on any atom is 0.289 e. The van der Waals surface area contributed by atoms with Crippen molar-refractivity contribution in [2.24, 2.45) is 0 Å². The zero-order valence-corrected chi connectivity index (χ0v) is 15.4. The standard InChI is InChI=1S/C19H22N4O4/c1-3-25-17-7-6-15(26-17)19(24)23-8-4-5-13(11-23)18-14(10-20-21-18)16-9-12(2)22-27-16/h6-7,9-10,13H,3-5,8,11H2,1-2H3,(H,20,21). The molecular weight excluding hydrogens is 348 g/mol. The Morgan fingerprint density at radius 2 is 2.33 bits per heavy atom. The van der Waals surface area contributed by atoms with Gasteiger partial charge in [-0.05, 0) is 32.8 Å². The molecule has 1 aliphatic heterocycles. The molecule has 1 N–H and O–H groups in total. The maximum absolute atomic E-state index is 12.8. The van der Waals surface area contributed by atoms with Gasteiger partial charge in [-0.25, -0.2) is 0 Å². The van der Waals surface area contributed by atoms with Gasteiger partial charge in [0.15, 0.2) is 11.5 Å². The van der Waals surface area contributed by atoms with E-state index in [4.69, 9.17) is 13.7 Å². The summed E-state index contributed by atoms with van der Waals surface area (Å²) >= 11 is 0. The van der Waals surface area contributed by atoms with Gasteiger partial charge < -0.3 is 18.6 Å². The number of ether oxygens (including phenoxy) is 1. The number of rotatable bonds is 5. The number of carbonyl (C=O) groups excluding carboxylic acids is 1. The number of piperidine rings is 1. The predicted molar refractivity (Wildman–Crippen MR) is 96.6 cm³/mol. The average molecular weight is 370 g/mol. The molecule has 1 fully saturated rings. The normalized spacial score (nSPS) is 17.3. The number of nitrogens with zero attached hydrogens (tertiary/aromatic N) is 3. The third kappa shape index (κ3) is 3.47. The van der Waals surface area contributed by atoms with Gasteiger partial charge in [0.2, 0.25) is 0 Å². The number of nitrogens with one attached hydrogen (secondary N) is 1. The summed E-state index contributed by atoms with van der Waals surface area (Å²) in [5, 5.41) is 11.2. The number of likely N-dealkylation sites (tertiary alicyclic amines) is 1. The van der Waals surface area contributed by atoms with E-state index in [0.29, 0.717) is 37.2 Å². The number of hydrogen-bond acceptors (Lipinski definition) is 6. The zero-order valence-electron chi connectivity index (χ0n) is 15.4. The van der Waals surface area contributed by atoms with Gasteiger partial charge in [0.25, 0.3) is 11.9 Å². The highest BCUT2D eigenvalue weighted by molar-refractivity contribution is 5.91. The molecule has 4 heterocycles. The summed E-state index contributed by atoms with van der Waals surface area (Å²) in [6.45, 7) is 5.54. The minimum absolute atomic E-state index is 0.123. The van der Waals surface area contributed by atoms with Crippen molar-refractivity contribution in [1.29, 1.82) is 0 Å². The second-order valence-electron chi connectivity index (χ2n) is 6.67. The van der Waals surface area contributed by atoms with Crippen LogP contribution in [0.25, 0.3) is 11.3 Å². The van der Waals surface area contributed by atoms with E-state index in [9.17, 15) is 4.79 Å². The molecule has 8 heteroatoms. The van der Waals surface area contributed by atoms with Gasteiger partial charge >= 0.3 is 0 Å². The van der Waals surface area contributed by atoms with Crippen LogP contribution in [-0.2, 0) is 0 Å². The van der Waals surface area contributed by atoms with Crippen molar-refractivity contribution in [2.75, 3.05) is 19.7 Å². The second-order valence-corrected chi connectivity index (χ2v) is 6.67. The number of aromatic amines is 1. The van der Waals surface area contributed by atoms with Crippen LogP contribution in [0.5, 0.6) is 5.95 Å². The lowest BCUT2D eigenvalue weighted by atomic mass is 9.92. The molecule has 0 bridgehead atoms. The largest absolute Gasteiger partial charge is 0.465 e. The van der Waals surface area contributed by atoms with E-state index in [1.807, 2.05) is 24.8 Å². The van der Waals surface area contributed by atoms with Crippen molar-refractivity contribution >= 4 is 5.91 Å². The molecule has 1 amide bonds. The highest BCUT2D eigenvalue weighted by atomic mass is 16.6. The molecule has 1 unspecified atom stereocenters. The van der Waals surface area contributed by atoms with Gasteiger partial charge in [-0.3, -0.25) is 9.89 Å². The molecule has 3 aromatic heterocycles. The van der Waals surface area contributed by atoms with E-state index < -0.39 is 0 Å². The van der Waals surface area contributed by atoms with E-state index in [1.165, 1.54) is 0 Å². The van der Waals surface area contributed by atoms with Crippen molar-refractivity contribution < 1.29 is 18.5 Å². The lowest BCUT2D eigenvalue weighted by Gasteiger charge is -2.32. The number of hydrogen-bond donors (Lipinski definition) is 1. The molecule has 0 spiro atoms. The summed E-state index contributed by atoms with van der Waals surface area (Å²) in [6, 6.07) is 5.23. The first-order chi connectivity index (χ1) is 13.2. The van der Waals surface area contributed by atoms with Crippen LogP contribution in [0.15, 0.2) is 33.3 Å². The van der Waals surface area contributed by atoms with Gasteiger partial charge in [-0.1, -0.05) is 5.16 Å². The summed E-state index contributed by atoms with van der Waals surface area (Å²) in [4.78, 5) is 14.6. The average Bonchev–Trinajstić information content (AvgIpc) is 3.41. The summed E-state index contributed by atoms with van der Waals surface area (Å²) in [5.74, 6) is 1.38. The van der Waals surface area contributed by atoms with E-state index in [2.05, 4.69) is 15.4 Å². The second kappa shape index (κ2) is 7.30. The third-order valence-corrected chi connectivity index (χ3v) is 4.76. The molecule has 3 aromatic rings. The van der Waals surface area contributed by atoms with E-state index in [-0.39, 0.29) is 11.8 Å². The van der Waals surface area contributed by atoms with Crippen molar-refractivity contribution in [3.05, 3.63) is 41.5 Å². The Hall–Kier alpha value is -3.03. The minimum atomic E-state index is -0.123. The molecule has 1 aliphatic rings. The fourth-order valence-electron chi connectivity index (χ4n) is 3.50. The molecule has 0 aliphatic carbocycles. The molecule has 142 valence electrons. The Morgan fingerprint density at radius 1 is 1.44 bits per heavy atom. The van der Waals surface area contributed by atoms with Crippen molar-refractivity contribution in [3.8, 4) is 17.3 Å². The molecule has 0 radical (unpaired) electrons. The molecule has 8 nitrogen and oxygen atoms in total. The first-order valence-electron chi connectivity index (χ1n) is 9.14. The summed E-state index contributed by atoms with van der Waals surface area (Å²) < 4.78 is 16.2. The summed E-state index contributed by atoms with van der Waals surface area (Å²) in [6.07, 6.45) is 3.62. The first kappa shape index (κ1) is 17.4. The lowest BCUT2D eigenvalue weighted by molar-refractivity contribution is 0.0666. The van der Waals surface area contributed by atoms with Crippen LogP contribution in [0, 0.1) is 6.92 Å². The highest BCUT2D eigenvalue weighted by Gasteiger charge is 2.30. The fraction of sp³-hybridized carbons (Fsp3) is 0.421. The quantitative estimate of drug-likeness (QED) is 0.739. The van der Waals surface area contributed by atoms with Crippen molar-refractivity contribution in [3.63, 3.8) is 0 Å². The highest BCUT2D eigenvalue weighted by Crippen LogP contribution is 2.34. The van der Waals surface area contributed by atoms with Crippen LogP contribution < -0.4 is 4.74 Å². The van der Waals surface area contributed by atoms with Crippen molar-refractivity contribution in [1.82, 2.24) is 20.3 Å². The monoisotopic (exact) mass is 370 g/mol. The molecular formula is C19H22N4O4. The number of carbonyl (C=O) groups is 1. The first-order valence-corrected chi connectivity index (χ1v) is 9.14. The topological polar surface area (TPSA) is 97.4 Å². The van der Waals surface area contributed by atoms with Crippen LogP contribution in [0.1, 0.15) is 47.6 Å². The Morgan fingerprint density at radius 3 is 3.11 bits per heavy atom. The van der Waals surface area contributed by atoms with Gasteiger partial charge in [-0.15, -0.1) is 0 Å².